The number of aryl methyl sites for hydroxylation is 2. The van der Waals surface area contributed by atoms with Gasteiger partial charge in [0.05, 0.1) is 16.7 Å². The number of hydrogen-bond acceptors (Lipinski definition) is 5. The van der Waals surface area contributed by atoms with Gasteiger partial charge in [-0.05, 0) is 42.8 Å². The summed E-state index contributed by atoms with van der Waals surface area (Å²) in [5.41, 5.74) is 3.67. The van der Waals surface area contributed by atoms with Crippen LogP contribution < -0.4 is 17.0 Å². The number of nitrogens with two attached hydrogens (primary N) is 1. The minimum atomic E-state index is -0.508. The van der Waals surface area contributed by atoms with Gasteiger partial charge >= 0.3 is 11.6 Å². The van der Waals surface area contributed by atoms with Crippen molar-refractivity contribution < 1.29 is 9.21 Å². The minimum absolute atomic E-state index is 0.136. The van der Waals surface area contributed by atoms with E-state index in [2.05, 4.69) is 20.9 Å². The zero-order valence-electron chi connectivity index (χ0n) is 11.9. The molecule has 112 valence electrons. The second-order valence-corrected chi connectivity index (χ2v) is 5.46. The average molecular weight is 355 g/mol. The van der Waals surface area contributed by atoms with E-state index in [4.69, 9.17) is 10.3 Å². The maximum absolute atomic E-state index is 12.0. The van der Waals surface area contributed by atoms with E-state index in [1.165, 1.54) is 4.57 Å². The summed E-state index contributed by atoms with van der Waals surface area (Å²) >= 11 is 3.40. The SMILES string of the molecule is Cc1cc(Cn2c(C)c(Br)c(C)nc2=O)oc1C(=O)NN. The van der Waals surface area contributed by atoms with Crippen molar-refractivity contribution in [2.75, 3.05) is 0 Å². The van der Waals surface area contributed by atoms with Crippen LogP contribution in [-0.4, -0.2) is 15.5 Å². The summed E-state index contributed by atoms with van der Waals surface area (Å²) in [5, 5.41) is 0. The molecule has 0 unspecified atom stereocenters. The van der Waals surface area contributed by atoms with E-state index < -0.39 is 5.91 Å². The molecule has 0 aliphatic rings. The fourth-order valence-corrected chi connectivity index (χ4v) is 2.34. The summed E-state index contributed by atoms with van der Waals surface area (Å²) in [6.45, 7) is 5.48. The fraction of sp³-hybridized carbons (Fsp3) is 0.308. The molecule has 0 spiro atoms. The Bertz CT molecular complexity index is 764. The van der Waals surface area contributed by atoms with E-state index in [0.29, 0.717) is 17.0 Å². The Morgan fingerprint density at radius 3 is 2.76 bits per heavy atom. The molecule has 2 rings (SSSR count). The van der Waals surface area contributed by atoms with Gasteiger partial charge in [0.25, 0.3) is 0 Å². The van der Waals surface area contributed by atoms with Crippen molar-refractivity contribution in [3.8, 4) is 0 Å². The zero-order chi connectivity index (χ0) is 15.7. The molecule has 2 heterocycles. The Balaban J connectivity index is 2.42. The smallest absolute Gasteiger partial charge is 0.348 e. The number of hydrogen-bond donors (Lipinski definition) is 2. The standard InChI is InChI=1S/C13H15BrN4O3/c1-6-4-9(21-11(6)12(19)17-15)5-18-8(3)10(14)7(2)16-13(18)20/h4H,5,15H2,1-3H3,(H,17,19). The number of halogens is 1. The molecular formula is C13H15BrN4O3. The number of nitrogens with zero attached hydrogens (tertiary/aromatic N) is 2. The van der Waals surface area contributed by atoms with Gasteiger partial charge in [0.15, 0.2) is 5.76 Å². The molecule has 0 fully saturated rings. The Kier molecular flexibility index (Phi) is 4.29. The number of aromatic nitrogens is 2. The van der Waals surface area contributed by atoms with Gasteiger partial charge in [-0.15, -0.1) is 0 Å². The van der Waals surface area contributed by atoms with E-state index in [9.17, 15) is 9.59 Å². The number of hydrazine groups is 1. The minimum Gasteiger partial charge on any atom is -0.454 e. The van der Waals surface area contributed by atoms with Crippen LogP contribution >= 0.6 is 15.9 Å². The number of furan rings is 1. The number of rotatable bonds is 3. The highest BCUT2D eigenvalue weighted by molar-refractivity contribution is 9.10. The molecular weight excluding hydrogens is 340 g/mol. The van der Waals surface area contributed by atoms with Gasteiger partial charge in [0.1, 0.15) is 5.76 Å². The largest absolute Gasteiger partial charge is 0.454 e. The topological polar surface area (TPSA) is 103 Å². The van der Waals surface area contributed by atoms with Crippen LogP contribution in [0.25, 0.3) is 0 Å². The molecule has 0 bridgehead atoms. The first kappa shape index (κ1) is 15.5. The molecule has 0 saturated heterocycles. The molecule has 2 aromatic rings. The van der Waals surface area contributed by atoms with Crippen molar-refractivity contribution in [3.63, 3.8) is 0 Å². The summed E-state index contributed by atoms with van der Waals surface area (Å²) in [6.07, 6.45) is 0. The third-order valence-electron chi connectivity index (χ3n) is 3.15. The number of nitrogens with one attached hydrogen (secondary N) is 1. The van der Waals surface area contributed by atoms with E-state index in [0.717, 1.165) is 10.2 Å². The lowest BCUT2D eigenvalue weighted by atomic mass is 10.2. The summed E-state index contributed by atoms with van der Waals surface area (Å²) in [7, 11) is 0. The molecule has 0 aromatic carbocycles. The molecule has 0 atom stereocenters. The number of amides is 1. The van der Waals surface area contributed by atoms with Crippen LogP contribution in [0.4, 0.5) is 0 Å². The van der Waals surface area contributed by atoms with Crippen LogP contribution in [0.1, 0.15) is 33.3 Å². The first-order valence-electron chi connectivity index (χ1n) is 6.19. The van der Waals surface area contributed by atoms with Gasteiger partial charge in [-0.1, -0.05) is 0 Å². The van der Waals surface area contributed by atoms with Gasteiger partial charge in [-0.25, -0.2) is 10.6 Å². The predicted molar refractivity (Wildman–Crippen MR) is 79.9 cm³/mol. The molecule has 0 saturated carbocycles. The summed E-state index contributed by atoms with van der Waals surface area (Å²) < 4.78 is 7.70. The second-order valence-electron chi connectivity index (χ2n) is 4.66. The van der Waals surface area contributed by atoms with E-state index in [1.54, 1.807) is 19.9 Å². The third kappa shape index (κ3) is 2.91. The summed E-state index contributed by atoms with van der Waals surface area (Å²) in [6, 6.07) is 1.70. The summed E-state index contributed by atoms with van der Waals surface area (Å²) in [5.74, 6) is 5.20. The van der Waals surface area contributed by atoms with Crippen LogP contribution in [0.3, 0.4) is 0 Å². The zero-order valence-corrected chi connectivity index (χ0v) is 13.4. The molecule has 7 nitrogen and oxygen atoms in total. The van der Waals surface area contributed by atoms with Gasteiger partial charge in [-0.2, -0.15) is 4.98 Å². The first-order valence-corrected chi connectivity index (χ1v) is 6.98. The Morgan fingerprint density at radius 1 is 1.48 bits per heavy atom. The van der Waals surface area contributed by atoms with Gasteiger partial charge in [0, 0.05) is 11.3 Å². The van der Waals surface area contributed by atoms with Crippen molar-refractivity contribution in [1.29, 1.82) is 0 Å². The highest BCUT2D eigenvalue weighted by Crippen LogP contribution is 2.19. The average Bonchev–Trinajstić information content (AvgIpc) is 2.81. The molecule has 3 N–H and O–H groups in total. The summed E-state index contributed by atoms with van der Waals surface area (Å²) in [4.78, 5) is 27.4. The fourth-order valence-electron chi connectivity index (χ4n) is 2.04. The number of carbonyl (C=O) groups is 1. The maximum atomic E-state index is 12.0. The lowest BCUT2D eigenvalue weighted by Crippen LogP contribution is -2.30. The molecule has 8 heteroatoms. The lowest BCUT2D eigenvalue weighted by Gasteiger charge is -2.10. The third-order valence-corrected chi connectivity index (χ3v) is 4.30. The molecule has 21 heavy (non-hydrogen) atoms. The van der Waals surface area contributed by atoms with Crippen LogP contribution in [-0.2, 0) is 6.54 Å². The highest BCUT2D eigenvalue weighted by atomic mass is 79.9. The lowest BCUT2D eigenvalue weighted by molar-refractivity contribution is 0.0923. The maximum Gasteiger partial charge on any atom is 0.348 e. The van der Waals surface area contributed by atoms with Crippen molar-refractivity contribution >= 4 is 21.8 Å². The van der Waals surface area contributed by atoms with Crippen LogP contribution in [0.5, 0.6) is 0 Å². The normalized spacial score (nSPS) is 10.7. The van der Waals surface area contributed by atoms with Crippen molar-refractivity contribution in [2.24, 2.45) is 5.84 Å². The van der Waals surface area contributed by atoms with Crippen LogP contribution in [0, 0.1) is 20.8 Å². The predicted octanol–water partition coefficient (Wildman–Crippen LogP) is 1.18. The van der Waals surface area contributed by atoms with Gasteiger partial charge in [0.2, 0.25) is 0 Å². The second kappa shape index (κ2) is 5.82. The first-order chi connectivity index (χ1) is 9.85. The molecule has 0 radical (unpaired) electrons. The Labute approximate surface area is 129 Å². The number of nitrogen functional groups attached to an aromatic ring is 1. The van der Waals surface area contributed by atoms with Crippen molar-refractivity contribution in [2.45, 2.75) is 27.3 Å². The van der Waals surface area contributed by atoms with Gasteiger partial charge in [-0.3, -0.25) is 14.8 Å². The quantitative estimate of drug-likeness (QED) is 0.489. The molecule has 0 aliphatic heterocycles. The number of carbonyl (C=O) groups excluding carboxylic acids is 1. The van der Waals surface area contributed by atoms with Crippen LogP contribution in [0.2, 0.25) is 0 Å². The van der Waals surface area contributed by atoms with Crippen molar-refractivity contribution in [3.05, 3.63) is 49.5 Å². The Hall–Kier alpha value is -1.93. The Morgan fingerprint density at radius 2 is 2.14 bits per heavy atom. The van der Waals surface area contributed by atoms with E-state index in [1.807, 2.05) is 12.3 Å². The van der Waals surface area contributed by atoms with E-state index in [-0.39, 0.29) is 18.0 Å². The molecule has 0 aliphatic carbocycles. The van der Waals surface area contributed by atoms with E-state index >= 15 is 0 Å². The highest BCUT2D eigenvalue weighted by Gasteiger charge is 2.16. The molecule has 2 aromatic heterocycles. The van der Waals surface area contributed by atoms with Crippen LogP contribution in [0.15, 0.2) is 19.8 Å². The monoisotopic (exact) mass is 354 g/mol. The molecule has 1 amide bonds. The van der Waals surface area contributed by atoms with Crippen molar-refractivity contribution in [1.82, 2.24) is 15.0 Å². The van der Waals surface area contributed by atoms with Gasteiger partial charge < -0.3 is 4.42 Å².